The van der Waals surface area contributed by atoms with Crippen molar-refractivity contribution in [1.82, 2.24) is 9.97 Å². The van der Waals surface area contributed by atoms with E-state index in [4.69, 9.17) is 5.73 Å². The molecule has 0 aliphatic carbocycles. The van der Waals surface area contributed by atoms with Gasteiger partial charge in [-0.25, -0.2) is 4.39 Å². The lowest BCUT2D eigenvalue weighted by Crippen LogP contribution is -2.15. The van der Waals surface area contributed by atoms with Crippen molar-refractivity contribution >= 4 is 0 Å². The molecule has 0 amide bonds. The Labute approximate surface area is 93.2 Å². The minimum Gasteiger partial charge on any atom is -0.320 e. The number of hydrogen-bond acceptors (Lipinski definition) is 3. The average molecular weight is 217 g/mol. The van der Waals surface area contributed by atoms with E-state index in [0.29, 0.717) is 5.56 Å². The lowest BCUT2D eigenvalue weighted by atomic mass is 9.99. The zero-order valence-corrected chi connectivity index (χ0v) is 8.89. The van der Waals surface area contributed by atoms with Gasteiger partial charge in [-0.1, -0.05) is 6.07 Å². The maximum Gasteiger partial charge on any atom is 0.146 e. The second-order valence-corrected chi connectivity index (χ2v) is 3.55. The summed E-state index contributed by atoms with van der Waals surface area (Å²) in [5, 5.41) is 0. The Morgan fingerprint density at radius 1 is 1.25 bits per heavy atom. The van der Waals surface area contributed by atoms with Crippen molar-refractivity contribution in [2.24, 2.45) is 5.73 Å². The fourth-order valence-corrected chi connectivity index (χ4v) is 1.63. The second kappa shape index (κ2) is 4.37. The van der Waals surface area contributed by atoms with Crippen LogP contribution in [0, 0.1) is 12.7 Å². The number of rotatable bonds is 2. The molecule has 1 atom stereocenters. The molecular formula is C12H12FN3. The third-order valence-corrected chi connectivity index (χ3v) is 2.52. The molecule has 0 spiro atoms. The van der Waals surface area contributed by atoms with Crippen LogP contribution in [0.4, 0.5) is 4.39 Å². The molecule has 2 aromatic heterocycles. The summed E-state index contributed by atoms with van der Waals surface area (Å²) < 4.78 is 13.5. The van der Waals surface area contributed by atoms with E-state index in [1.165, 1.54) is 12.4 Å². The van der Waals surface area contributed by atoms with Crippen LogP contribution in [-0.2, 0) is 0 Å². The quantitative estimate of drug-likeness (QED) is 0.836. The summed E-state index contributed by atoms with van der Waals surface area (Å²) in [4.78, 5) is 7.83. The standard InChI is InChI=1S/C12H12FN3/c1-8-9(3-2-5-16-8)12(14)10-4-6-15-7-11(10)13/h2-7,12H,14H2,1H3. The first kappa shape index (κ1) is 10.7. The van der Waals surface area contributed by atoms with Crippen molar-refractivity contribution in [3.05, 3.63) is 59.4 Å². The molecule has 2 aromatic rings. The maximum atomic E-state index is 13.5. The number of nitrogens with zero attached hydrogens (tertiary/aromatic N) is 2. The third-order valence-electron chi connectivity index (χ3n) is 2.52. The molecule has 0 aliphatic rings. The van der Waals surface area contributed by atoms with Crippen LogP contribution in [0.15, 0.2) is 36.8 Å². The summed E-state index contributed by atoms with van der Waals surface area (Å²) in [6, 6.07) is 4.73. The van der Waals surface area contributed by atoms with Crippen molar-refractivity contribution in [2.45, 2.75) is 13.0 Å². The van der Waals surface area contributed by atoms with Gasteiger partial charge in [0.15, 0.2) is 0 Å². The van der Waals surface area contributed by atoms with Gasteiger partial charge in [-0.3, -0.25) is 9.97 Å². The third kappa shape index (κ3) is 1.92. The van der Waals surface area contributed by atoms with E-state index in [-0.39, 0.29) is 0 Å². The molecule has 2 N–H and O–H groups in total. The van der Waals surface area contributed by atoms with E-state index in [9.17, 15) is 4.39 Å². The smallest absolute Gasteiger partial charge is 0.146 e. The highest BCUT2D eigenvalue weighted by molar-refractivity contribution is 5.32. The second-order valence-electron chi connectivity index (χ2n) is 3.55. The molecule has 0 aliphatic heterocycles. The summed E-state index contributed by atoms with van der Waals surface area (Å²) in [5.41, 5.74) is 8.08. The molecule has 0 radical (unpaired) electrons. The van der Waals surface area contributed by atoms with Gasteiger partial charge in [-0.2, -0.15) is 0 Å². The van der Waals surface area contributed by atoms with Crippen molar-refractivity contribution in [3.63, 3.8) is 0 Å². The van der Waals surface area contributed by atoms with Gasteiger partial charge >= 0.3 is 0 Å². The first-order valence-corrected chi connectivity index (χ1v) is 4.96. The Bertz CT molecular complexity index is 454. The van der Waals surface area contributed by atoms with Crippen LogP contribution >= 0.6 is 0 Å². The molecule has 4 heteroatoms. The molecule has 1 unspecified atom stereocenters. The molecule has 82 valence electrons. The molecule has 0 saturated heterocycles. The number of halogens is 1. The molecule has 2 heterocycles. The van der Waals surface area contributed by atoms with E-state index in [2.05, 4.69) is 9.97 Å². The summed E-state index contributed by atoms with van der Waals surface area (Å²) in [5.74, 6) is -0.391. The highest BCUT2D eigenvalue weighted by Crippen LogP contribution is 2.22. The highest BCUT2D eigenvalue weighted by atomic mass is 19.1. The number of pyridine rings is 2. The number of aryl methyl sites for hydroxylation is 1. The first-order chi connectivity index (χ1) is 7.70. The lowest BCUT2D eigenvalue weighted by Gasteiger charge is -2.14. The van der Waals surface area contributed by atoms with Crippen LogP contribution in [0.1, 0.15) is 22.9 Å². The number of aromatic nitrogens is 2. The van der Waals surface area contributed by atoms with Crippen molar-refractivity contribution in [3.8, 4) is 0 Å². The predicted molar refractivity (Wildman–Crippen MR) is 59.2 cm³/mol. The Balaban J connectivity index is 2.44. The molecule has 0 bridgehead atoms. The Kier molecular flexibility index (Phi) is 2.92. The van der Waals surface area contributed by atoms with Crippen LogP contribution in [0.2, 0.25) is 0 Å². The lowest BCUT2D eigenvalue weighted by molar-refractivity contribution is 0.592. The summed E-state index contributed by atoms with van der Waals surface area (Å²) >= 11 is 0. The molecular weight excluding hydrogens is 205 g/mol. The van der Waals surface area contributed by atoms with Crippen LogP contribution < -0.4 is 5.73 Å². The van der Waals surface area contributed by atoms with Gasteiger partial charge in [0, 0.05) is 23.7 Å². The predicted octanol–water partition coefficient (Wildman–Crippen LogP) is 1.97. The Hall–Kier alpha value is -1.81. The van der Waals surface area contributed by atoms with Gasteiger partial charge < -0.3 is 5.73 Å². The molecule has 0 fully saturated rings. The number of nitrogens with two attached hydrogens (primary N) is 1. The van der Waals surface area contributed by atoms with E-state index >= 15 is 0 Å². The van der Waals surface area contributed by atoms with Crippen molar-refractivity contribution in [2.75, 3.05) is 0 Å². The number of hydrogen-bond donors (Lipinski definition) is 1. The van der Waals surface area contributed by atoms with Gasteiger partial charge in [0.25, 0.3) is 0 Å². The maximum absolute atomic E-state index is 13.5. The zero-order chi connectivity index (χ0) is 11.5. The van der Waals surface area contributed by atoms with Crippen LogP contribution in [0.5, 0.6) is 0 Å². The Morgan fingerprint density at radius 2 is 2.06 bits per heavy atom. The first-order valence-electron chi connectivity index (χ1n) is 4.96. The van der Waals surface area contributed by atoms with E-state index in [0.717, 1.165) is 11.3 Å². The average Bonchev–Trinajstić information content (AvgIpc) is 2.29. The van der Waals surface area contributed by atoms with Crippen LogP contribution in [-0.4, -0.2) is 9.97 Å². The monoisotopic (exact) mass is 217 g/mol. The summed E-state index contributed by atoms with van der Waals surface area (Å²) in [7, 11) is 0. The molecule has 2 rings (SSSR count). The SMILES string of the molecule is Cc1ncccc1C(N)c1ccncc1F. The minimum atomic E-state index is -0.503. The molecule has 3 nitrogen and oxygen atoms in total. The van der Waals surface area contributed by atoms with Crippen molar-refractivity contribution in [1.29, 1.82) is 0 Å². The van der Waals surface area contributed by atoms with E-state index in [1.807, 2.05) is 13.0 Å². The summed E-state index contributed by atoms with van der Waals surface area (Å²) in [6.45, 7) is 1.86. The fraction of sp³-hybridized carbons (Fsp3) is 0.167. The van der Waals surface area contributed by atoms with Gasteiger partial charge in [0.05, 0.1) is 12.2 Å². The van der Waals surface area contributed by atoms with E-state index in [1.54, 1.807) is 18.3 Å². The zero-order valence-electron chi connectivity index (χ0n) is 8.89. The van der Waals surface area contributed by atoms with Crippen LogP contribution in [0.25, 0.3) is 0 Å². The van der Waals surface area contributed by atoms with Gasteiger partial charge in [-0.15, -0.1) is 0 Å². The van der Waals surface area contributed by atoms with Crippen LogP contribution in [0.3, 0.4) is 0 Å². The molecule has 0 aromatic carbocycles. The molecule has 16 heavy (non-hydrogen) atoms. The normalized spacial score (nSPS) is 12.4. The molecule has 0 saturated carbocycles. The van der Waals surface area contributed by atoms with Gasteiger partial charge in [0.1, 0.15) is 5.82 Å². The topological polar surface area (TPSA) is 51.8 Å². The largest absolute Gasteiger partial charge is 0.320 e. The van der Waals surface area contributed by atoms with Crippen molar-refractivity contribution < 1.29 is 4.39 Å². The van der Waals surface area contributed by atoms with Gasteiger partial charge in [0.2, 0.25) is 0 Å². The van der Waals surface area contributed by atoms with E-state index < -0.39 is 11.9 Å². The minimum absolute atomic E-state index is 0.391. The highest BCUT2D eigenvalue weighted by Gasteiger charge is 2.15. The fourth-order valence-electron chi connectivity index (χ4n) is 1.63. The van der Waals surface area contributed by atoms with Gasteiger partial charge in [-0.05, 0) is 24.6 Å². The Morgan fingerprint density at radius 3 is 2.75 bits per heavy atom. The summed E-state index contributed by atoms with van der Waals surface area (Å²) in [6.07, 6.45) is 4.39.